The van der Waals surface area contributed by atoms with Crippen molar-refractivity contribution < 1.29 is 4.79 Å². The summed E-state index contributed by atoms with van der Waals surface area (Å²) in [5, 5.41) is 5.32. The van der Waals surface area contributed by atoms with Crippen LogP contribution in [0.1, 0.15) is 33.4 Å². The molecule has 2 aromatic heterocycles. The zero-order valence-electron chi connectivity index (χ0n) is 11.5. The van der Waals surface area contributed by atoms with Crippen LogP contribution in [-0.4, -0.2) is 33.8 Å². The van der Waals surface area contributed by atoms with Crippen molar-refractivity contribution in [3.8, 4) is 0 Å². The third-order valence-electron chi connectivity index (χ3n) is 3.71. The number of carbonyl (C=O) groups is 1. The number of nitrogens with two attached hydrogens (primary N) is 1. The fourth-order valence-electron chi connectivity index (χ4n) is 2.39. The minimum absolute atomic E-state index is 0.271. The molecule has 1 aliphatic heterocycles. The summed E-state index contributed by atoms with van der Waals surface area (Å²) in [6, 6.07) is 0.271. The third-order valence-corrected chi connectivity index (χ3v) is 4.84. The summed E-state index contributed by atoms with van der Waals surface area (Å²) in [4.78, 5) is 19.2. The lowest BCUT2D eigenvalue weighted by Gasteiger charge is -2.15. The molecule has 20 heavy (non-hydrogen) atoms. The van der Waals surface area contributed by atoms with Gasteiger partial charge in [-0.2, -0.15) is 5.10 Å². The average molecular weight is 291 g/mol. The second-order valence-electron chi connectivity index (χ2n) is 5.10. The number of carbonyl (C=O) groups excluding carboxylic acids is 1. The molecule has 6 nitrogen and oxygen atoms in total. The van der Waals surface area contributed by atoms with E-state index in [0.29, 0.717) is 5.56 Å². The van der Waals surface area contributed by atoms with E-state index in [4.69, 9.17) is 5.73 Å². The van der Waals surface area contributed by atoms with Gasteiger partial charge in [0.1, 0.15) is 0 Å². The molecule has 0 spiro atoms. The Morgan fingerprint density at radius 2 is 2.30 bits per heavy atom. The molecular weight excluding hydrogens is 274 g/mol. The van der Waals surface area contributed by atoms with Crippen LogP contribution in [0, 0.1) is 13.8 Å². The standard InChI is InChI=1S/C13H17N5OS/c1-8-9(2)20-13(16-8)17-4-3-11(7-17)18-6-10(5-15-18)12(14)19/h5-6,11H,3-4,7H2,1-2H3,(H2,14,19). The molecular formula is C13H17N5OS. The first-order chi connectivity index (χ1) is 9.54. The van der Waals surface area contributed by atoms with Crippen LogP contribution in [0.5, 0.6) is 0 Å². The summed E-state index contributed by atoms with van der Waals surface area (Å²) in [5.74, 6) is -0.433. The Balaban J connectivity index is 1.74. The SMILES string of the molecule is Cc1nc(N2CCC(n3cc(C(N)=O)cn3)C2)sc1C. The van der Waals surface area contributed by atoms with Crippen LogP contribution in [0.25, 0.3) is 0 Å². The lowest BCUT2D eigenvalue weighted by Crippen LogP contribution is -2.21. The zero-order valence-corrected chi connectivity index (χ0v) is 12.4. The molecule has 0 bridgehead atoms. The predicted octanol–water partition coefficient (Wildman–Crippen LogP) is 1.51. The molecule has 1 fully saturated rings. The average Bonchev–Trinajstić information content (AvgIpc) is 3.09. The first kappa shape index (κ1) is 13.1. The van der Waals surface area contributed by atoms with Crippen molar-refractivity contribution in [3.63, 3.8) is 0 Å². The number of thiazole rings is 1. The summed E-state index contributed by atoms with van der Waals surface area (Å²) in [6.07, 6.45) is 4.26. The van der Waals surface area contributed by atoms with Crippen molar-refractivity contribution >= 4 is 22.4 Å². The van der Waals surface area contributed by atoms with E-state index in [0.717, 1.165) is 30.3 Å². The van der Waals surface area contributed by atoms with Gasteiger partial charge in [0, 0.05) is 24.2 Å². The fourth-order valence-corrected chi connectivity index (χ4v) is 3.33. The molecule has 2 N–H and O–H groups in total. The highest BCUT2D eigenvalue weighted by atomic mass is 32.1. The van der Waals surface area contributed by atoms with Crippen LogP contribution in [0.2, 0.25) is 0 Å². The molecule has 7 heteroatoms. The van der Waals surface area contributed by atoms with Crippen LogP contribution in [0.3, 0.4) is 0 Å². The molecule has 1 atom stereocenters. The van der Waals surface area contributed by atoms with E-state index in [1.807, 2.05) is 11.6 Å². The molecule has 3 heterocycles. The quantitative estimate of drug-likeness (QED) is 0.930. The first-order valence-electron chi connectivity index (χ1n) is 6.57. The molecule has 2 aromatic rings. The van der Waals surface area contributed by atoms with E-state index in [2.05, 4.69) is 21.9 Å². The fraction of sp³-hybridized carbons (Fsp3) is 0.462. The van der Waals surface area contributed by atoms with Crippen LogP contribution in [0.15, 0.2) is 12.4 Å². The maximum absolute atomic E-state index is 11.1. The second-order valence-corrected chi connectivity index (χ2v) is 6.28. The van der Waals surface area contributed by atoms with Crippen LogP contribution in [0.4, 0.5) is 5.13 Å². The van der Waals surface area contributed by atoms with Crippen molar-refractivity contribution in [3.05, 3.63) is 28.5 Å². The topological polar surface area (TPSA) is 77.0 Å². The molecule has 1 amide bonds. The predicted molar refractivity (Wildman–Crippen MR) is 78.2 cm³/mol. The summed E-state index contributed by atoms with van der Waals surface area (Å²) >= 11 is 1.73. The van der Waals surface area contributed by atoms with Crippen molar-refractivity contribution in [2.75, 3.05) is 18.0 Å². The Hall–Kier alpha value is -1.89. The van der Waals surface area contributed by atoms with Crippen LogP contribution < -0.4 is 10.6 Å². The van der Waals surface area contributed by atoms with Gasteiger partial charge in [0.25, 0.3) is 5.91 Å². The summed E-state index contributed by atoms with van der Waals surface area (Å²) in [6.45, 7) is 5.96. The molecule has 1 unspecified atom stereocenters. The molecule has 0 aromatic carbocycles. The molecule has 0 saturated carbocycles. The molecule has 3 rings (SSSR count). The number of rotatable bonds is 3. The summed E-state index contributed by atoms with van der Waals surface area (Å²) in [5.41, 5.74) is 6.82. The minimum Gasteiger partial charge on any atom is -0.366 e. The highest BCUT2D eigenvalue weighted by Crippen LogP contribution is 2.31. The lowest BCUT2D eigenvalue weighted by molar-refractivity contribution is 0.1000. The second kappa shape index (κ2) is 4.90. The number of nitrogens with zero attached hydrogens (tertiary/aromatic N) is 4. The molecule has 1 saturated heterocycles. The molecule has 0 aliphatic carbocycles. The number of primary amides is 1. The maximum atomic E-state index is 11.1. The Kier molecular flexibility index (Phi) is 3.21. The van der Waals surface area contributed by atoms with E-state index in [9.17, 15) is 4.79 Å². The lowest BCUT2D eigenvalue weighted by atomic mass is 10.3. The van der Waals surface area contributed by atoms with E-state index in [-0.39, 0.29) is 6.04 Å². The van der Waals surface area contributed by atoms with E-state index >= 15 is 0 Å². The zero-order chi connectivity index (χ0) is 14.3. The normalized spacial score (nSPS) is 18.7. The smallest absolute Gasteiger partial charge is 0.251 e. The van der Waals surface area contributed by atoms with Gasteiger partial charge >= 0.3 is 0 Å². The van der Waals surface area contributed by atoms with Crippen LogP contribution in [-0.2, 0) is 0 Å². The van der Waals surface area contributed by atoms with Gasteiger partial charge in [-0.15, -0.1) is 11.3 Å². The van der Waals surface area contributed by atoms with Gasteiger partial charge in [-0.1, -0.05) is 0 Å². The number of anilines is 1. The Labute approximate surface area is 121 Å². The number of aromatic nitrogens is 3. The van der Waals surface area contributed by atoms with E-state index in [1.165, 1.54) is 11.1 Å². The molecule has 1 aliphatic rings. The molecule has 0 radical (unpaired) electrons. The highest BCUT2D eigenvalue weighted by molar-refractivity contribution is 7.15. The first-order valence-corrected chi connectivity index (χ1v) is 7.39. The van der Waals surface area contributed by atoms with Gasteiger partial charge < -0.3 is 10.6 Å². The van der Waals surface area contributed by atoms with E-state index in [1.54, 1.807) is 17.5 Å². The number of hydrogen-bond acceptors (Lipinski definition) is 5. The largest absolute Gasteiger partial charge is 0.366 e. The monoisotopic (exact) mass is 291 g/mol. The van der Waals surface area contributed by atoms with Gasteiger partial charge in [0.2, 0.25) is 0 Å². The number of amides is 1. The van der Waals surface area contributed by atoms with Crippen molar-refractivity contribution in [1.82, 2.24) is 14.8 Å². The Bertz CT molecular complexity index is 627. The summed E-state index contributed by atoms with van der Waals surface area (Å²) in [7, 11) is 0. The van der Waals surface area contributed by atoms with Gasteiger partial charge in [-0.25, -0.2) is 4.98 Å². The van der Waals surface area contributed by atoms with Crippen LogP contribution >= 0.6 is 11.3 Å². The van der Waals surface area contributed by atoms with Gasteiger partial charge in [-0.3, -0.25) is 9.48 Å². The van der Waals surface area contributed by atoms with E-state index < -0.39 is 5.91 Å². The van der Waals surface area contributed by atoms with Crippen molar-refractivity contribution in [2.24, 2.45) is 5.73 Å². The Morgan fingerprint density at radius 3 is 2.90 bits per heavy atom. The highest BCUT2D eigenvalue weighted by Gasteiger charge is 2.27. The Morgan fingerprint density at radius 1 is 1.50 bits per heavy atom. The third kappa shape index (κ3) is 2.29. The van der Waals surface area contributed by atoms with Gasteiger partial charge in [-0.05, 0) is 20.3 Å². The maximum Gasteiger partial charge on any atom is 0.251 e. The molecule has 106 valence electrons. The minimum atomic E-state index is -0.433. The summed E-state index contributed by atoms with van der Waals surface area (Å²) < 4.78 is 1.84. The van der Waals surface area contributed by atoms with Crippen molar-refractivity contribution in [2.45, 2.75) is 26.3 Å². The van der Waals surface area contributed by atoms with Gasteiger partial charge in [0.05, 0.1) is 23.5 Å². The van der Waals surface area contributed by atoms with Gasteiger partial charge in [0.15, 0.2) is 5.13 Å². The van der Waals surface area contributed by atoms with Crippen molar-refractivity contribution in [1.29, 1.82) is 0 Å². The number of hydrogen-bond donors (Lipinski definition) is 1. The number of aryl methyl sites for hydroxylation is 2.